The summed E-state index contributed by atoms with van der Waals surface area (Å²) in [6.07, 6.45) is 4.81. The zero-order valence-electron chi connectivity index (χ0n) is 9.43. The van der Waals surface area contributed by atoms with Gasteiger partial charge in [-0.1, -0.05) is 26.2 Å². The lowest BCUT2D eigenvalue weighted by Crippen LogP contribution is -2.34. The van der Waals surface area contributed by atoms with Crippen molar-refractivity contribution in [1.29, 1.82) is 0 Å². The summed E-state index contributed by atoms with van der Waals surface area (Å²) in [5, 5.41) is 11.1. The smallest absolute Gasteiger partial charge is 0.308 e. The Morgan fingerprint density at radius 2 is 2.00 bits per heavy atom. The number of sulfone groups is 1. The molecule has 0 spiro atoms. The van der Waals surface area contributed by atoms with Crippen LogP contribution in [0.5, 0.6) is 0 Å². The molecule has 0 radical (unpaired) electrons. The van der Waals surface area contributed by atoms with E-state index in [0.717, 1.165) is 19.3 Å². The Morgan fingerprint density at radius 3 is 2.62 bits per heavy atom. The first kappa shape index (κ1) is 13.0. The normalized spacial score (nSPS) is 11.6. The lowest BCUT2D eigenvalue weighted by Gasteiger charge is -2.04. The fourth-order valence-electron chi connectivity index (χ4n) is 1.48. The van der Waals surface area contributed by atoms with Gasteiger partial charge in [0.05, 0.1) is 5.75 Å². The minimum Gasteiger partial charge on any atom is -0.618 e. The summed E-state index contributed by atoms with van der Waals surface area (Å²) in [6.45, 7) is 2.07. The molecule has 0 fully saturated rings. The van der Waals surface area contributed by atoms with Crippen LogP contribution in [-0.4, -0.2) is 14.2 Å². The van der Waals surface area contributed by atoms with Crippen molar-refractivity contribution in [2.24, 2.45) is 0 Å². The van der Waals surface area contributed by atoms with Crippen molar-refractivity contribution in [3.63, 3.8) is 0 Å². The standard InChI is InChI=1S/C11H17NO3S/c1-2-3-4-7-10-16(14,15)11-8-5-6-9-12(11)13/h5-6,8-9H,2-4,7,10H2,1H3. The van der Waals surface area contributed by atoms with Crippen molar-refractivity contribution in [3.8, 4) is 0 Å². The van der Waals surface area contributed by atoms with Crippen molar-refractivity contribution in [2.45, 2.75) is 37.6 Å². The highest BCUT2D eigenvalue weighted by Crippen LogP contribution is 2.09. The van der Waals surface area contributed by atoms with Gasteiger partial charge in [0, 0.05) is 12.1 Å². The highest BCUT2D eigenvalue weighted by Gasteiger charge is 2.22. The second-order valence-corrected chi connectivity index (χ2v) is 5.80. The molecule has 1 heterocycles. The third-order valence-electron chi connectivity index (χ3n) is 2.37. The van der Waals surface area contributed by atoms with E-state index in [1.807, 2.05) is 0 Å². The summed E-state index contributed by atoms with van der Waals surface area (Å²) >= 11 is 0. The number of pyridine rings is 1. The van der Waals surface area contributed by atoms with E-state index in [4.69, 9.17) is 0 Å². The zero-order chi connectivity index (χ0) is 12.0. The van der Waals surface area contributed by atoms with Crippen LogP contribution in [0.1, 0.15) is 32.6 Å². The van der Waals surface area contributed by atoms with Crippen molar-refractivity contribution in [2.75, 3.05) is 5.75 Å². The predicted octanol–water partition coefficient (Wildman–Crippen LogP) is 1.67. The Balaban J connectivity index is 2.68. The van der Waals surface area contributed by atoms with Gasteiger partial charge in [-0.05, 0) is 12.5 Å². The molecule has 4 nitrogen and oxygen atoms in total. The zero-order valence-corrected chi connectivity index (χ0v) is 10.2. The molecule has 16 heavy (non-hydrogen) atoms. The van der Waals surface area contributed by atoms with Crippen LogP contribution in [0, 0.1) is 5.21 Å². The molecule has 0 aliphatic carbocycles. The molecule has 1 aromatic heterocycles. The minimum absolute atomic E-state index is 0.0548. The van der Waals surface area contributed by atoms with Crippen LogP contribution in [0.15, 0.2) is 29.4 Å². The Bertz CT molecular complexity index is 429. The first-order valence-corrected chi connectivity index (χ1v) is 7.14. The monoisotopic (exact) mass is 243 g/mol. The molecule has 0 N–H and O–H groups in total. The van der Waals surface area contributed by atoms with Gasteiger partial charge in [-0.25, -0.2) is 8.42 Å². The van der Waals surface area contributed by atoms with Gasteiger partial charge in [0.15, 0.2) is 6.20 Å². The van der Waals surface area contributed by atoms with Gasteiger partial charge in [0.1, 0.15) is 0 Å². The molecule has 0 saturated carbocycles. The number of unbranched alkanes of at least 4 members (excludes halogenated alkanes) is 3. The molecule has 0 aliphatic rings. The molecule has 1 aromatic rings. The highest BCUT2D eigenvalue weighted by molar-refractivity contribution is 7.91. The molecule has 5 heteroatoms. The van der Waals surface area contributed by atoms with Gasteiger partial charge >= 0.3 is 5.03 Å². The fraction of sp³-hybridized carbons (Fsp3) is 0.545. The number of aromatic nitrogens is 1. The molecule has 0 atom stereocenters. The summed E-state index contributed by atoms with van der Waals surface area (Å²) in [7, 11) is -3.42. The van der Waals surface area contributed by atoms with E-state index in [1.165, 1.54) is 18.3 Å². The Labute approximate surface area is 96.4 Å². The van der Waals surface area contributed by atoms with E-state index in [2.05, 4.69) is 6.92 Å². The maximum atomic E-state index is 11.8. The number of hydrogen-bond donors (Lipinski definition) is 0. The topological polar surface area (TPSA) is 61.1 Å². The summed E-state index contributed by atoms with van der Waals surface area (Å²) < 4.78 is 24.0. The van der Waals surface area contributed by atoms with Crippen LogP contribution in [0.3, 0.4) is 0 Å². The molecule has 0 amide bonds. The van der Waals surface area contributed by atoms with Crippen LogP contribution in [0.25, 0.3) is 0 Å². The van der Waals surface area contributed by atoms with Crippen molar-refractivity contribution in [1.82, 2.24) is 0 Å². The van der Waals surface area contributed by atoms with Gasteiger partial charge in [-0.3, -0.25) is 0 Å². The maximum Gasteiger partial charge on any atom is 0.308 e. The average molecular weight is 243 g/mol. The average Bonchev–Trinajstić information content (AvgIpc) is 2.25. The van der Waals surface area contributed by atoms with E-state index < -0.39 is 9.84 Å². The van der Waals surface area contributed by atoms with E-state index in [0.29, 0.717) is 11.2 Å². The second kappa shape index (κ2) is 5.84. The molecule has 0 bridgehead atoms. The maximum absolute atomic E-state index is 11.8. The molecule has 90 valence electrons. The van der Waals surface area contributed by atoms with Crippen molar-refractivity contribution in [3.05, 3.63) is 29.6 Å². The minimum atomic E-state index is -3.42. The third kappa shape index (κ3) is 3.48. The van der Waals surface area contributed by atoms with Crippen molar-refractivity contribution < 1.29 is 13.1 Å². The molecule has 0 aromatic carbocycles. The van der Waals surface area contributed by atoms with E-state index in [1.54, 1.807) is 6.07 Å². The summed E-state index contributed by atoms with van der Waals surface area (Å²) in [6, 6.07) is 4.43. The first-order chi connectivity index (χ1) is 7.58. The quantitative estimate of drug-likeness (QED) is 0.434. The Kier molecular flexibility index (Phi) is 4.73. The van der Waals surface area contributed by atoms with E-state index in [9.17, 15) is 13.6 Å². The number of hydrogen-bond acceptors (Lipinski definition) is 3. The van der Waals surface area contributed by atoms with Gasteiger partial charge in [-0.15, -0.1) is 0 Å². The van der Waals surface area contributed by atoms with Gasteiger partial charge in [0.25, 0.3) is 0 Å². The fourth-order valence-corrected chi connectivity index (χ4v) is 2.89. The summed E-state index contributed by atoms with van der Waals surface area (Å²) in [5.41, 5.74) is 0. The SMILES string of the molecule is CCCCCCS(=O)(=O)c1cccc[n+]1[O-]. The second-order valence-electron chi connectivity index (χ2n) is 3.74. The molecule has 0 unspecified atom stereocenters. The van der Waals surface area contributed by atoms with Crippen LogP contribution in [0.4, 0.5) is 0 Å². The largest absolute Gasteiger partial charge is 0.618 e. The third-order valence-corrected chi connectivity index (χ3v) is 4.15. The van der Waals surface area contributed by atoms with E-state index in [-0.39, 0.29) is 10.8 Å². The Morgan fingerprint density at radius 1 is 1.25 bits per heavy atom. The summed E-state index contributed by atoms with van der Waals surface area (Å²) in [4.78, 5) is 0. The molecular weight excluding hydrogens is 226 g/mol. The first-order valence-electron chi connectivity index (χ1n) is 5.49. The highest BCUT2D eigenvalue weighted by atomic mass is 32.2. The summed E-state index contributed by atoms with van der Waals surface area (Å²) in [5.74, 6) is 0.0548. The van der Waals surface area contributed by atoms with Crippen LogP contribution in [-0.2, 0) is 9.84 Å². The molecule has 1 rings (SSSR count). The lowest BCUT2D eigenvalue weighted by molar-refractivity contribution is -0.646. The number of rotatable bonds is 6. The number of nitrogens with zero attached hydrogens (tertiary/aromatic N) is 1. The van der Waals surface area contributed by atoms with Gasteiger partial charge < -0.3 is 5.21 Å². The Hall–Kier alpha value is -1.10. The van der Waals surface area contributed by atoms with Crippen molar-refractivity contribution >= 4 is 9.84 Å². The predicted molar refractivity (Wildman–Crippen MR) is 61.6 cm³/mol. The molecule has 0 aliphatic heterocycles. The van der Waals surface area contributed by atoms with Crippen LogP contribution >= 0.6 is 0 Å². The molecular formula is C11H17NO3S. The van der Waals surface area contributed by atoms with Crippen LogP contribution < -0.4 is 4.73 Å². The van der Waals surface area contributed by atoms with Gasteiger partial charge in [0.2, 0.25) is 9.84 Å². The molecule has 0 saturated heterocycles. The van der Waals surface area contributed by atoms with Crippen LogP contribution in [0.2, 0.25) is 0 Å². The van der Waals surface area contributed by atoms with E-state index >= 15 is 0 Å². The van der Waals surface area contributed by atoms with Gasteiger partial charge in [-0.2, -0.15) is 4.73 Å². The lowest BCUT2D eigenvalue weighted by atomic mass is 10.2.